The van der Waals surface area contributed by atoms with Gasteiger partial charge in [-0.25, -0.2) is 14.4 Å². The number of epoxide rings is 1. The van der Waals surface area contributed by atoms with Gasteiger partial charge in [0.05, 0.1) is 6.61 Å². The number of rotatable bonds is 2. The fourth-order valence-electron chi connectivity index (χ4n) is 1.58. The van der Waals surface area contributed by atoms with Gasteiger partial charge in [-0.15, -0.1) is 0 Å². The first-order chi connectivity index (χ1) is 10.7. The lowest BCUT2D eigenvalue weighted by Crippen LogP contribution is -2.42. The zero-order chi connectivity index (χ0) is 17.3. The van der Waals surface area contributed by atoms with Crippen molar-refractivity contribution < 1.29 is 24.5 Å². The standard InChI is InChI=1S/C6H5N5O4.C4H6O4/c7-4(13)11-3(12)1-2(10-6(11)15)9-5(14)8-1;5-3(4(6)7)2-1-8-2/h(H2,7,13)(H,10,15)(H2,8,9,14);2,4,6-7H,1H2. The van der Waals surface area contributed by atoms with Gasteiger partial charge in [-0.05, 0) is 0 Å². The highest BCUT2D eigenvalue weighted by Crippen LogP contribution is 2.10. The summed E-state index contributed by atoms with van der Waals surface area (Å²) in [7, 11) is 0. The first kappa shape index (κ1) is 16.3. The molecule has 2 aromatic rings. The maximum Gasteiger partial charge on any atom is 0.338 e. The maximum atomic E-state index is 11.5. The smallest absolute Gasteiger partial charge is 0.338 e. The molecule has 0 aliphatic carbocycles. The number of aliphatic hydroxyl groups excluding tert-OH is 1. The third-order valence-corrected chi connectivity index (χ3v) is 2.70. The summed E-state index contributed by atoms with van der Waals surface area (Å²) in [4.78, 5) is 60.9. The lowest BCUT2D eigenvalue weighted by atomic mass is 10.3. The molecule has 1 atom stereocenters. The molecule has 0 aromatic carbocycles. The van der Waals surface area contributed by atoms with E-state index >= 15 is 0 Å². The number of aliphatic hydroxyl groups is 2. The number of Topliss-reactive ketones (excluding diaryl/α,β-unsaturated/α-hetero) is 1. The molecule has 7 N–H and O–H groups in total. The van der Waals surface area contributed by atoms with Crippen LogP contribution in [0.25, 0.3) is 11.2 Å². The summed E-state index contributed by atoms with van der Waals surface area (Å²) in [5.41, 5.74) is 1.89. The zero-order valence-corrected chi connectivity index (χ0v) is 11.2. The van der Waals surface area contributed by atoms with Gasteiger partial charge in [0, 0.05) is 0 Å². The average Bonchev–Trinajstić information content (AvgIpc) is 3.21. The molecule has 1 fully saturated rings. The van der Waals surface area contributed by atoms with E-state index in [2.05, 4.69) is 19.7 Å². The quantitative estimate of drug-likeness (QED) is 0.234. The van der Waals surface area contributed by atoms with E-state index in [-0.39, 0.29) is 15.7 Å². The van der Waals surface area contributed by atoms with E-state index in [4.69, 9.17) is 15.9 Å². The molecule has 0 spiro atoms. The fraction of sp³-hybridized carbons (Fsp3) is 0.300. The molecule has 0 bridgehead atoms. The maximum absolute atomic E-state index is 11.5. The molecule has 2 aromatic heterocycles. The van der Waals surface area contributed by atoms with Crippen LogP contribution in [0.3, 0.4) is 0 Å². The number of hydrogen-bond donors (Lipinski definition) is 6. The van der Waals surface area contributed by atoms with E-state index in [1.807, 2.05) is 0 Å². The van der Waals surface area contributed by atoms with Crippen molar-refractivity contribution >= 4 is 23.0 Å². The van der Waals surface area contributed by atoms with E-state index in [0.29, 0.717) is 6.61 Å². The van der Waals surface area contributed by atoms with Crippen molar-refractivity contribution in [3.63, 3.8) is 0 Å². The van der Waals surface area contributed by atoms with Gasteiger partial charge in [-0.3, -0.25) is 24.5 Å². The van der Waals surface area contributed by atoms with Gasteiger partial charge in [-0.2, -0.15) is 4.57 Å². The molecule has 3 heterocycles. The molecular weight excluding hydrogens is 318 g/mol. The predicted molar refractivity (Wildman–Crippen MR) is 71.8 cm³/mol. The second kappa shape index (κ2) is 5.99. The Labute approximate surface area is 124 Å². The van der Waals surface area contributed by atoms with Crippen LogP contribution in [0.5, 0.6) is 0 Å². The first-order valence-electron chi connectivity index (χ1n) is 6.01. The molecule has 0 radical (unpaired) electrons. The Morgan fingerprint density at radius 3 is 2.26 bits per heavy atom. The van der Waals surface area contributed by atoms with Gasteiger partial charge < -0.3 is 20.7 Å². The van der Waals surface area contributed by atoms with Crippen LogP contribution in [0.4, 0.5) is 4.79 Å². The fourth-order valence-corrected chi connectivity index (χ4v) is 1.58. The van der Waals surface area contributed by atoms with Crippen LogP contribution in [0, 0.1) is 0 Å². The molecule has 124 valence electrons. The van der Waals surface area contributed by atoms with Gasteiger partial charge in [0.1, 0.15) is 11.8 Å². The third-order valence-electron chi connectivity index (χ3n) is 2.70. The Hall–Kier alpha value is -3.03. The Morgan fingerprint density at radius 1 is 1.22 bits per heavy atom. The second-order valence-electron chi connectivity index (χ2n) is 4.34. The van der Waals surface area contributed by atoms with Crippen LogP contribution in [0.1, 0.15) is 0 Å². The number of H-pyrrole nitrogens is 3. The number of imidazole rings is 1. The molecule has 3 rings (SSSR count). The van der Waals surface area contributed by atoms with E-state index in [0.717, 1.165) is 0 Å². The molecule has 1 saturated heterocycles. The van der Waals surface area contributed by atoms with Gasteiger partial charge in [0.2, 0.25) is 12.1 Å². The van der Waals surface area contributed by atoms with Gasteiger partial charge in [0.25, 0.3) is 5.56 Å². The highest BCUT2D eigenvalue weighted by molar-refractivity contribution is 5.87. The lowest BCUT2D eigenvalue weighted by Gasteiger charge is -1.96. The normalized spacial score (nSPS) is 16.0. The molecular formula is C10H11N5O8. The number of ether oxygens (including phenoxy) is 1. The van der Waals surface area contributed by atoms with Crippen LogP contribution in [-0.2, 0) is 9.53 Å². The average molecular weight is 329 g/mol. The number of amides is 1. The van der Waals surface area contributed by atoms with Crippen molar-refractivity contribution in [2.24, 2.45) is 5.73 Å². The Kier molecular flexibility index (Phi) is 4.26. The summed E-state index contributed by atoms with van der Waals surface area (Å²) < 4.78 is 4.65. The molecule has 0 saturated carbocycles. The number of aromatic nitrogens is 4. The number of primary amides is 1. The van der Waals surface area contributed by atoms with Gasteiger partial charge in [0.15, 0.2) is 5.52 Å². The molecule has 1 amide bonds. The van der Waals surface area contributed by atoms with E-state index in [9.17, 15) is 24.0 Å². The van der Waals surface area contributed by atoms with E-state index in [1.165, 1.54) is 0 Å². The van der Waals surface area contributed by atoms with E-state index in [1.54, 1.807) is 0 Å². The van der Waals surface area contributed by atoms with Crippen molar-refractivity contribution in [1.82, 2.24) is 19.5 Å². The van der Waals surface area contributed by atoms with Crippen molar-refractivity contribution in [3.05, 3.63) is 31.3 Å². The predicted octanol–water partition coefficient (Wildman–Crippen LogP) is -4.10. The number of carbonyl (C=O) groups excluding carboxylic acids is 2. The molecule has 13 nitrogen and oxygen atoms in total. The summed E-state index contributed by atoms with van der Waals surface area (Å²) in [6.07, 6.45) is -2.41. The number of nitrogens with zero attached hydrogens (tertiary/aromatic N) is 1. The summed E-state index contributed by atoms with van der Waals surface area (Å²) in [5.74, 6) is -0.648. The van der Waals surface area contributed by atoms with Crippen molar-refractivity contribution in [3.8, 4) is 0 Å². The number of nitrogens with one attached hydrogen (secondary N) is 3. The summed E-state index contributed by atoms with van der Waals surface area (Å²) in [6, 6.07) is -1.22. The third kappa shape index (κ3) is 3.42. The van der Waals surface area contributed by atoms with Crippen LogP contribution in [-0.4, -0.2) is 60.5 Å². The van der Waals surface area contributed by atoms with E-state index < -0.39 is 41.1 Å². The lowest BCUT2D eigenvalue weighted by molar-refractivity contribution is -0.146. The van der Waals surface area contributed by atoms with Crippen LogP contribution < -0.4 is 22.7 Å². The molecule has 1 aliphatic rings. The van der Waals surface area contributed by atoms with Crippen LogP contribution in [0.2, 0.25) is 0 Å². The Bertz CT molecular complexity index is 923. The number of fused-ring (bicyclic) bond motifs is 1. The first-order valence-corrected chi connectivity index (χ1v) is 6.01. The highest BCUT2D eigenvalue weighted by Gasteiger charge is 2.34. The largest absolute Gasteiger partial charge is 0.365 e. The number of aromatic amines is 3. The van der Waals surface area contributed by atoms with Crippen LogP contribution >= 0.6 is 0 Å². The Balaban J connectivity index is 0.000000203. The molecule has 1 aliphatic heterocycles. The minimum atomic E-state index is -1.86. The van der Waals surface area contributed by atoms with Crippen molar-refractivity contribution in [1.29, 1.82) is 0 Å². The number of carbonyl (C=O) groups is 2. The summed E-state index contributed by atoms with van der Waals surface area (Å²) >= 11 is 0. The second-order valence-corrected chi connectivity index (χ2v) is 4.34. The minimum absolute atomic E-state index is 0.0764. The van der Waals surface area contributed by atoms with Crippen LogP contribution in [0.15, 0.2) is 14.4 Å². The zero-order valence-electron chi connectivity index (χ0n) is 11.2. The Morgan fingerprint density at radius 2 is 1.83 bits per heavy atom. The number of nitrogens with two attached hydrogens (primary N) is 1. The van der Waals surface area contributed by atoms with Crippen molar-refractivity contribution in [2.45, 2.75) is 12.4 Å². The number of hydrogen-bond acceptors (Lipinski definition) is 8. The minimum Gasteiger partial charge on any atom is -0.365 e. The van der Waals surface area contributed by atoms with Gasteiger partial charge in [-0.1, -0.05) is 0 Å². The SMILES string of the molecule is NC(=O)n1c(=O)[nH]c2[nH]c(=O)[nH]c2c1=O.O=C(C(O)O)C1CO1. The summed E-state index contributed by atoms with van der Waals surface area (Å²) in [6.45, 7) is 0.330. The molecule has 13 heteroatoms. The molecule has 23 heavy (non-hydrogen) atoms. The monoisotopic (exact) mass is 329 g/mol. The number of ketones is 1. The van der Waals surface area contributed by atoms with Crippen molar-refractivity contribution in [2.75, 3.05) is 6.61 Å². The summed E-state index contributed by atoms with van der Waals surface area (Å²) in [5, 5.41) is 16.3. The molecule has 1 unspecified atom stereocenters. The highest BCUT2D eigenvalue weighted by atomic mass is 16.6. The topological polar surface area (TPSA) is 217 Å². The van der Waals surface area contributed by atoms with Gasteiger partial charge >= 0.3 is 17.4 Å².